The van der Waals surface area contributed by atoms with Gasteiger partial charge in [-0.25, -0.2) is 0 Å². The highest BCUT2D eigenvalue weighted by atomic mass is 16.5. The van der Waals surface area contributed by atoms with E-state index in [1.165, 1.54) is 7.11 Å². The summed E-state index contributed by atoms with van der Waals surface area (Å²) in [5.74, 6) is 0.443. The van der Waals surface area contributed by atoms with Gasteiger partial charge in [0.25, 0.3) is 0 Å². The van der Waals surface area contributed by atoms with Crippen molar-refractivity contribution >= 4 is 17.6 Å². The fraction of sp³-hybridized carbons (Fsp3) is 0.300. The SMILES string of the molecule is COc1ccc(NC(=O)CCC(=O)OCCc2ccccc2)cc1OC. The van der Waals surface area contributed by atoms with E-state index in [2.05, 4.69) is 5.32 Å². The summed E-state index contributed by atoms with van der Waals surface area (Å²) in [4.78, 5) is 23.7. The largest absolute Gasteiger partial charge is 0.493 e. The Morgan fingerprint density at radius 1 is 0.923 bits per heavy atom. The highest BCUT2D eigenvalue weighted by Crippen LogP contribution is 2.29. The van der Waals surface area contributed by atoms with Gasteiger partial charge in [-0.3, -0.25) is 9.59 Å². The average Bonchev–Trinajstić information content (AvgIpc) is 2.67. The number of nitrogens with one attached hydrogen (secondary N) is 1. The minimum absolute atomic E-state index is 0.0356. The Labute approximate surface area is 153 Å². The fourth-order valence-electron chi connectivity index (χ4n) is 2.35. The van der Waals surface area contributed by atoms with Gasteiger partial charge in [-0.15, -0.1) is 0 Å². The number of rotatable bonds is 9. The Hall–Kier alpha value is -3.02. The minimum Gasteiger partial charge on any atom is -0.493 e. The lowest BCUT2D eigenvalue weighted by molar-refractivity contribution is -0.144. The first-order valence-corrected chi connectivity index (χ1v) is 8.34. The zero-order valence-electron chi connectivity index (χ0n) is 15.0. The van der Waals surface area contributed by atoms with Crippen LogP contribution < -0.4 is 14.8 Å². The predicted molar refractivity (Wildman–Crippen MR) is 98.5 cm³/mol. The first kappa shape index (κ1) is 19.3. The van der Waals surface area contributed by atoms with Crippen molar-refractivity contribution in [3.8, 4) is 11.5 Å². The van der Waals surface area contributed by atoms with E-state index in [0.29, 0.717) is 30.2 Å². The standard InChI is InChI=1S/C20H23NO5/c1-24-17-9-8-16(14-18(17)25-2)21-19(22)10-11-20(23)26-13-12-15-6-4-3-5-7-15/h3-9,14H,10-13H2,1-2H3,(H,21,22). The molecule has 0 spiro atoms. The zero-order valence-corrected chi connectivity index (χ0v) is 15.0. The van der Waals surface area contributed by atoms with Crippen molar-refractivity contribution in [1.29, 1.82) is 0 Å². The minimum atomic E-state index is -0.386. The molecule has 2 rings (SSSR count). The Kier molecular flexibility index (Phi) is 7.49. The van der Waals surface area contributed by atoms with Crippen LogP contribution in [0.1, 0.15) is 18.4 Å². The van der Waals surface area contributed by atoms with Crippen LogP contribution in [-0.4, -0.2) is 32.7 Å². The van der Waals surface area contributed by atoms with Crippen LogP contribution in [0, 0.1) is 0 Å². The van der Waals surface area contributed by atoms with E-state index < -0.39 is 0 Å². The molecule has 0 heterocycles. The van der Waals surface area contributed by atoms with E-state index in [4.69, 9.17) is 14.2 Å². The number of hydrogen-bond acceptors (Lipinski definition) is 5. The Morgan fingerprint density at radius 2 is 1.65 bits per heavy atom. The van der Waals surface area contributed by atoms with Crippen molar-refractivity contribution in [3.63, 3.8) is 0 Å². The number of carbonyl (C=O) groups is 2. The van der Waals surface area contributed by atoms with Crippen LogP contribution >= 0.6 is 0 Å². The van der Waals surface area contributed by atoms with Gasteiger partial charge < -0.3 is 19.5 Å². The smallest absolute Gasteiger partial charge is 0.306 e. The monoisotopic (exact) mass is 357 g/mol. The second-order valence-corrected chi connectivity index (χ2v) is 5.57. The number of carbonyl (C=O) groups excluding carboxylic acids is 2. The number of ether oxygens (including phenoxy) is 3. The molecule has 138 valence electrons. The van der Waals surface area contributed by atoms with Gasteiger partial charge in [-0.05, 0) is 17.7 Å². The van der Waals surface area contributed by atoms with Crippen molar-refractivity contribution in [2.24, 2.45) is 0 Å². The molecule has 0 unspecified atom stereocenters. The van der Waals surface area contributed by atoms with E-state index in [0.717, 1.165) is 5.56 Å². The summed E-state index contributed by atoms with van der Waals surface area (Å²) in [6.07, 6.45) is 0.747. The first-order chi connectivity index (χ1) is 12.6. The third kappa shape index (κ3) is 6.12. The molecule has 2 aromatic carbocycles. The van der Waals surface area contributed by atoms with Crippen molar-refractivity contribution in [1.82, 2.24) is 0 Å². The van der Waals surface area contributed by atoms with E-state index in [9.17, 15) is 9.59 Å². The van der Waals surface area contributed by atoms with Crippen molar-refractivity contribution < 1.29 is 23.8 Å². The summed E-state index contributed by atoms with van der Waals surface area (Å²) >= 11 is 0. The molecule has 0 radical (unpaired) electrons. The molecular formula is C20H23NO5. The van der Waals surface area contributed by atoms with E-state index in [-0.39, 0.29) is 24.7 Å². The van der Waals surface area contributed by atoms with Gasteiger partial charge in [0.2, 0.25) is 5.91 Å². The predicted octanol–water partition coefficient (Wildman–Crippen LogP) is 3.21. The van der Waals surface area contributed by atoms with Gasteiger partial charge in [0.15, 0.2) is 11.5 Å². The molecule has 0 fully saturated rings. The summed E-state index contributed by atoms with van der Waals surface area (Å²) < 4.78 is 15.5. The van der Waals surface area contributed by atoms with E-state index in [1.807, 2.05) is 30.3 Å². The Morgan fingerprint density at radius 3 is 2.35 bits per heavy atom. The van der Waals surface area contributed by atoms with Crippen LogP contribution in [0.2, 0.25) is 0 Å². The maximum atomic E-state index is 12.0. The summed E-state index contributed by atoms with van der Waals surface area (Å²) in [5, 5.41) is 2.72. The van der Waals surface area contributed by atoms with Crippen LogP contribution in [0.25, 0.3) is 0 Å². The van der Waals surface area contributed by atoms with Crippen LogP contribution in [0.15, 0.2) is 48.5 Å². The Bertz CT molecular complexity index is 730. The van der Waals surface area contributed by atoms with Gasteiger partial charge >= 0.3 is 5.97 Å². The van der Waals surface area contributed by atoms with Crippen molar-refractivity contribution in [2.75, 3.05) is 26.1 Å². The molecule has 0 saturated carbocycles. The molecule has 26 heavy (non-hydrogen) atoms. The van der Waals surface area contributed by atoms with Crippen molar-refractivity contribution in [3.05, 3.63) is 54.1 Å². The fourth-order valence-corrected chi connectivity index (χ4v) is 2.35. The molecule has 0 atom stereocenters. The topological polar surface area (TPSA) is 73.9 Å². The lowest BCUT2D eigenvalue weighted by Gasteiger charge is -2.10. The second-order valence-electron chi connectivity index (χ2n) is 5.57. The van der Waals surface area contributed by atoms with Gasteiger partial charge in [0.05, 0.1) is 27.2 Å². The van der Waals surface area contributed by atoms with Crippen molar-refractivity contribution in [2.45, 2.75) is 19.3 Å². The highest BCUT2D eigenvalue weighted by molar-refractivity contribution is 5.92. The van der Waals surface area contributed by atoms with Gasteiger partial charge in [0.1, 0.15) is 0 Å². The number of methoxy groups -OCH3 is 2. The number of amides is 1. The summed E-state index contributed by atoms with van der Waals surface area (Å²) in [6, 6.07) is 14.8. The van der Waals surface area contributed by atoms with Gasteiger partial charge in [-0.2, -0.15) is 0 Å². The Balaban J connectivity index is 1.71. The molecule has 2 aromatic rings. The summed E-state index contributed by atoms with van der Waals surface area (Å²) in [7, 11) is 3.06. The van der Waals surface area contributed by atoms with Crippen LogP contribution in [0.5, 0.6) is 11.5 Å². The number of anilines is 1. The van der Waals surface area contributed by atoms with Crippen LogP contribution in [0.3, 0.4) is 0 Å². The first-order valence-electron chi connectivity index (χ1n) is 8.34. The molecule has 0 aliphatic heterocycles. The van der Waals surface area contributed by atoms with E-state index >= 15 is 0 Å². The maximum Gasteiger partial charge on any atom is 0.306 e. The number of hydrogen-bond donors (Lipinski definition) is 1. The average molecular weight is 357 g/mol. The van der Waals surface area contributed by atoms with Gasteiger partial charge in [0, 0.05) is 24.6 Å². The molecule has 0 aliphatic carbocycles. The molecular weight excluding hydrogens is 334 g/mol. The van der Waals surface area contributed by atoms with E-state index in [1.54, 1.807) is 25.3 Å². The normalized spacial score (nSPS) is 10.1. The summed E-state index contributed by atoms with van der Waals surface area (Å²) in [5.41, 5.74) is 1.68. The molecule has 1 amide bonds. The van der Waals surface area contributed by atoms with Crippen LogP contribution in [0.4, 0.5) is 5.69 Å². The highest BCUT2D eigenvalue weighted by Gasteiger charge is 2.10. The van der Waals surface area contributed by atoms with Gasteiger partial charge in [-0.1, -0.05) is 30.3 Å². The zero-order chi connectivity index (χ0) is 18.8. The molecule has 0 aliphatic rings. The number of esters is 1. The lowest BCUT2D eigenvalue weighted by Crippen LogP contribution is -2.15. The quantitative estimate of drug-likeness (QED) is 0.698. The van der Waals surface area contributed by atoms with Crippen LogP contribution in [-0.2, 0) is 20.7 Å². The molecule has 0 saturated heterocycles. The number of benzene rings is 2. The molecule has 6 heteroatoms. The molecule has 0 aromatic heterocycles. The summed E-state index contributed by atoms with van der Waals surface area (Å²) in [6.45, 7) is 0.306. The lowest BCUT2D eigenvalue weighted by atomic mass is 10.2. The third-order valence-electron chi connectivity index (χ3n) is 3.72. The molecule has 1 N–H and O–H groups in total. The maximum absolute atomic E-state index is 12.0. The second kappa shape index (κ2) is 10.1. The molecule has 6 nitrogen and oxygen atoms in total. The molecule has 0 bridgehead atoms. The third-order valence-corrected chi connectivity index (χ3v) is 3.72.